The van der Waals surface area contributed by atoms with Crippen molar-refractivity contribution in [1.29, 1.82) is 0 Å². The van der Waals surface area contributed by atoms with E-state index in [1.807, 2.05) is 5.01 Å². The van der Waals surface area contributed by atoms with E-state index >= 15 is 0 Å². The van der Waals surface area contributed by atoms with E-state index in [4.69, 9.17) is 11.6 Å². The first-order valence-electron chi connectivity index (χ1n) is 6.53. The van der Waals surface area contributed by atoms with Gasteiger partial charge in [-0.2, -0.15) is 0 Å². The number of hydrogen-bond acceptors (Lipinski definition) is 3. The summed E-state index contributed by atoms with van der Waals surface area (Å²) in [5.41, 5.74) is 6.75. The van der Waals surface area contributed by atoms with Gasteiger partial charge in [0.1, 0.15) is 5.88 Å². The fourth-order valence-electron chi connectivity index (χ4n) is 2.34. The number of nitrogens with one attached hydrogen (secondary N) is 1. The van der Waals surface area contributed by atoms with Gasteiger partial charge >= 0.3 is 0 Å². The predicted molar refractivity (Wildman–Crippen MR) is 78.6 cm³/mol. The number of benzene rings is 1. The Labute approximate surface area is 119 Å². The number of amides is 1. The third-order valence-corrected chi connectivity index (χ3v) is 3.84. The fraction of sp³-hybridized carbons (Fsp3) is 0.500. The molecule has 1 aromatic rings. The van der Waals surface area contributed by atoms with E-state index in [0.29, 0.717) is 0 Å². The number of carbonyl (C=O) groups excluding carboxylic acids is 1. The van der Waals surface area contributed by atoms with Crippen molar-refractivity contribution in [3.05, 3.63) is 29.3 Å². The Morgan fingerprint density at radius 3 is 2.58 bits per heavy atom. The quantitative estimate of drug-likeness (QED) is 0.857. The number of anilines is 1. The van der Waals surface area contributed by atoms with E-state index in [0.717, 1.165) is 26.2 Å². The Morgan fingerprint density at radius 2 is 1.95 bits per heavy atom. The smallest absolute Gasteiger partial charge is 0.249 e. The molecular formula is C14H20ClN3O. The number of nitrogens with zero attached hydrogens (tertiary/aromatic N) is 2. The Balaban J connectivity index is 1.96. The van der Waals surface area contributed by atoms with E-state index in [1.165, 1.54) is 16.8 Å². The van der Waals surface area contributed by atoms with Crippen LogP contribution in [0.1, 0.15) is 11.1 Å². The van der Waals surface area contributed by atoms with E-state index in [2.05, 4.69) is 42.4 Å². The van der Waals surface area contributed by atoms with Crippen LogP contribution >= 0.6 is 11.6 Å². The minimum atomic E-state index is -0.137. The molecule has 1 heterocycles. The van der Waals surface area contributed by atoms with Crippen LogP contribution in [-0.4, -0.2) is 43.0 Å². The van der Waals surface area contributed by atoms with Gasteiger partial charge in [0.25, 0.3) is 0 Å². The Bertz CT molecular complexity index is 456. The molecule has 0 saturated carbocycles. The largest absolute Gasteiger partial charge is 0.369 e. The van der Waals surface area contributed by atoms with Gasteiger partial charge in [0.2, 0.25) is 5.91 Å². The maximum Gasteiger partial charge on any atom is 0.249 e. The zero-order chi connectivity index (χ0) is 13.8. The number of hydrogen-bond donors (Lipinski definition) is 1. The van der Waals surface area contributed by atoms with Gasteiger partial charge in [0, 0.05) is 31.9 Å². The minimum absolute atomic E-state index is 0.0111. The van der Waals surface area contributed by atoms with Crippen molar-refractivity contribution in [3.8, 4) is 0 Å². The molecule has 0 spiro atoms. The summed E-state index contributed by atoms with van der Waals surface area (Å²) in [6, 6.07) is 6.39. The second-order valence-corrected chi connectivity index (χ2v) is 5.13. The van der Waals surface area contributed by atoms with Crippen LogP contribution in [0, 0.1) is 13.8 Å². The van der Waals surface area contributed by atoms with Crippen LogP contribution < -0.4 is 10.3 Å². The average Bonchev–Trinajstić information content (AvgIpc) is 2.43. The first kappa shape index (κ1) is 14.2. The maximum absolute atomic E-state index is 11.2. The number of rotatable bonds is 3. The van der Waals surface area contributed by atoms with Crippen molar-refractivity contribution in [3.63, 3.8) is 0 Å². The summed E-state index contributed by atoms with van der Waals surface area (Å²) in [5, 5.41) is 1.94. The van der Waals surface area contributed by atoms with E-state index < -0.39 is 0 Å². The van der Waals surface area contributed by atoms with Crippen LogP contribution in [0.5, 0.6) is 0 Å². The Morgan fingerprint density at radius 1 is 1.26 bits per heavy atom. The topological polar surface area (TPSA) is 35.6 Å². The van der Waals surface area contributed by atoms with Gasteiger partial charge in [-0.15, -0.1) is 11.6 Å². The van der Waals surface area contributed by atoms with Crippen LogP contribution in [0.15, 0.2) is 18.2 Å². The van der Waals surface area contributed by atoms with Crippen LogP contribution in [0.2, 0.25) is 0 Å². The van der Waals surface area contributed by atoms with Gasteiger partial charge in [0.05, 0.1) is 0 Å². The van der Waals surface area contributed by atoms with Gasteiger partial charge in [0.15, 0.2) is 0 Å². The summed E-state index contributed by atoms with van der Waals surface area (Å²) in [6.07, 6.45) is 0. The third kappa shape index (κ3) is 3.39. The lowest BCUT2D eigenvalue weighted by Gasteiger charge is -2.36. The van der Waals surface area contributed by atoms with Gasteiger partial charge in [-0.1, -0.05) is 12.1 Å². The Kier molecular flexibility index (Phi) is 4.66. The molecule has 19 heavy (non-hydrogen) atoms. The van der Waals surface area contributed by atoms with Crippen molar-refractivity contribution < 1.29 is 4.79 Å². The monoisotopic (exact) mass is 281 g/mol. The molecule has 0 bridgehead atoms. The van der Waals surface area contributed by atoms with Crippen LogP contribution in [-0.2, 0) is 4.79 Å². The van der Waals surface area contributed by atoms with Gasteiger partial charge < -0.3 is 4.90 Å². The van der Waals surface area contributed by atoms with Crippen LogP contribution in [0.25, 0.3) is 0 Å². The fourth-order valence-corrected chi connectivity index (χ4v) is 2.40. The second-order valence-electron chi connectivity index (χ2n) is 4.86. The number of halogens is 1. The molecule has 5 heteroatoms. The molecule has 104 valence electrons. The van der Waals surface area contributed by atoms with Crippen LogP contribution in [0.4, 0.5) is 5.69 Å². The zero-order valence-electron chi connectivity index (χ0n) is 11.4. The molecule has 0 unspecified atom stereocenters. The van der Waals surface area contributed by atoms with Crippen molar-refractivity contribution >= 4 is 23.2 Å². The molecular weight excluding hydrogens is 262 g/mol. The molecule has 0 aromatic heterocycles. The van der Waals surface area contributed by atoms with Crippen molar-refractivity contribution in [2.45, 2.75) is 13.8 Å². The molecule has 0 atom stereocenters. The molecule has 1 fully saturated rings. The molecule has 2 rings (SSSR count). The maximum atomic E-state index is 11.2. The number of alkyl halides is 1. The minimum Gasteiger partial charge on any atom is -0.369 e. The van der Waals surface area contributed by atoms with Gasteiger partial charge in [-0.25, -0.2) is 5.01 Å². The van der Waals surface area contributed by atoms with Crippen molar-refractivity contribution in [2.24, 2.45) is 0 Å². The summed E-state index contributed by atoms with van der Waals surface area (Å²) < 4.78 is 0. The molecule has 0 aliphatic carbocycles. The lowest BCUT2D eigenvalue weighted by atomic mass is 10.1. The summed E-state index contributed by atoms with van der Waals surface area (Å²) in [6.45, 7) is 7.74. The predicted octanol–water partition coefficient (Wildman–Crippen LogP) is 1.70. The highest BCUT2D eigenvalue weighted by Crippen LogP contribution is 2.23. The van der Waals surface area contributed by atoms with Gasteiger partial charge in [-0.05, 0) is 31.0 Å². The summed E-state index contributed by atoms with van der Waals surface area (Å²) in [4.78, 5) is 13.6. The summed E-state index contributed by atoms with van der Waals surface area (Å²) >= 11 is 5.48. The van der Waals surface area contributed by atoms with Crippen LogP contribution in [0.3, 0.4) is 0 Å². The van der Waals surface area contributed by atoms with E-state index in [-0.39, 0.29) is 11.8 Å². The number of aryl methyl sites for hydroxylation is 1. The summed E-state index contributed by atoms with van der Waals surface area (Å²) in [7, 11) is 0. The molecule has 1 amide bonds. The molecule has 4 nitrogen and oxygen atoms in total. The molecule has 1 aromatic carbocycles. The molecule has 0 radical (unpaired) electrons. The summed E-state index contributed by atoms with van der Waals surface area (Å²) in [5.74, 6) is -0.126. The first-order chi connectivity index (χ1) is 9.11. The second kappa shape index (κ2) is 6.26. The molecule has 1 N–H and O–H groups in total. The SMILES string of the molecule is Cc1cccc(N2CCN(NC(=O)CCl)CC2)c1C. The highest BCUT2D eigenvalue weighted by molar-refractivity contribution is 6.27. The first-order valence-corrected chi connectivity index (χ1v) is 7.07. The highest BCUT2D eigenvalue weighted by Gasteiger charge is 2.19. The molecule has 1 saturated heterocycles. The number of carbonyl (C=O) groups is 1. The van der Waals surface area contributed by atoms with Crippen molar-refractivity contribution in [1.82, 2.24) is 10.4 Å². The van der Waals surface area contributed by atoms with E-state index in [1.54, 1.807) is 0 Å². The Hall–Kier alpha value is -1.26. The number of piperazine rings is 1. The molecule has 1 aliphatic heterocycles. The lowest BCUT2D eigenvalue weighted by Crippen LogP contribution is -2.54. The standard InChI is InChI=1S/C14H20ClN3O/c1-11-4-3-5-13(12(11)2)17-6-8-18(9-7-17)16-14(19)10-15/h3-5H,6-10H2,1-2H3,(H,16,19). The lowest BCUT2D eigenvalue weighted by molar-refractivity contribution is -0.123. The van der Waals surface area contributed by atoms with Crippen molar-refractivity contribution in [2.75, 3.05) is 37.0 Å². The highest BCUT2D eigenvalue weighted by atomic mass is 35.5. The zero-order valence-corrected chi connectivity index (χ0v) is 12.2. The van der Waals surface area contributed by atoms with Gasteiger partial charge in [-0.3, -0.25) is 10.2 Å². The average molecular weight is 282 g/mol. The van der Waals surface area contributed by atoms with E-state index in [9.17, 15) is 4.79 Å². The normalized spacial score (nSPS) is 16.5. The third-order valence-electron chi connectivity index (χ3n) is 3.60. The molecule has 1 aliphatic rings. The number of hydrazine groups is 1.